The summed E-state index contributed by atoms with van der Waals surface area (Å²) < 4.78 is 0. The fourth-order valence-electron chi connectivity index (χ4n) is 2.06. The quantitative estimate of drug-likeness (QED) is 0.819. The van der Waals surface area contributed by atoms with E-state index in [1.165, 1.54) is 0 Å². The van der Waals surface area contributed by atoms with Gasteiger partial charge in [0.25, 0.3) is 0 Å². The van der Waals surface area contributed by atoms with Gasteiger partial charge in [0.15, 0.2) is 0 Å². The van der Waals surface area contributed by atoms with Crippen LogP contribution in [0.5, 0.6) is 0 Å². The SMILES string of the molecule is Cc1cc(Cl)ccc1NCCC(=O)NCc1ccccc1Cl. The standard InChI is InChI=1S/C17H18Cl2N2O/c1-12-10-14(18)6-7-16(12)20-9-8-17(22)21-11-13-4-2-3-5-15(13)19/h2-7,10,20H,8-9,11H2,1H3,(H,21,22). The Hall–Kier alpha value is -1.71. The molecule has 1 amide bonds. The summed E-state index contributed by atoms with van der Waals surface area (Å²) >= 11 is 12.0. The van der Waals surface area contributed by atoms with Crippen molar-refractivity contribution in [2.24, 2.45) is 0 Å². The minimum absolute atomic E-state index is 0.0148. The number of hydrogen-bond donors (Lipinski definition) is 2. The van der Waals surface area contributed by atoms with Crippen molar-refractivity contribution >= 4 is 34.8 Å². The van der Waals surface area contributed by atoms with Crippen molar-refractivity contribution in [3.8, 4) is 0 Å². The summed E-state index contributed by atoms with van der Waals surface area (Å²) in [4.78, 5) is 11.8. The summed E-state index contributed by atoms with van der Waals surface area (Å²) in [5.41, 5.74) is 2.96. The summed E-state index contributed by atoms with van der Waals surface area (Å²) in [6, 6.07) is 13.1. The van der Waals surface area contributed by atoms with Crippen LogP contribution in [-0.2, 0) is 11.3 Å². The Kier molecular flexibility index (Phi) is 6.10. The summed E-state index contributed by atoms with van der Waals surface area (Å²) in [5, 5.41) is 7.47. The van der Waals surface area contributed by atoms with Gasteiger partial charge in [-0.25, -0.2) is 0 Å². The molecule has 5 heteroatoms. The van der Waals surface area contributed by atoms with Gasteiger partial charge in [0.2, 0.25) is 5.91 Å². The van der Waals surface area contributed by atoms with Crippen molar-refractivity contribution < 1.29 is 4.79 Å². The smallest absolute Gasteiger partial charge is 0.222 e. The summed E-state index contributed by atoms with van der Waals surface area (Å²) in [5.74, 6) is -0.0148. The maximum absolute atomic E-state index is 11.8. The lowest BCUT2D eigenvalue weighted by atomic mass is 10.2. The van der Waals surface area contributed by atoms with Crippen LogP contribution in [0.2, 0.25) is 10.0 Å². The second kappa shape index (κ2) is 8.06. The minimum Gasteiger partial charge on any atom is -0.384 e. The Morgan fingerprint density at radius 3 is 2.64 bits per heavy atom. The molecule has 0 atom stereocenters. The minimum atomic E-state index is -0.0148. The first-order valence-corrected chi connectivity index (χ1v) is 7.82. The number of carbonyl (C=O) groups excluding carboxylic acids is 1. The lowest BCUT2D eigenvalue weighted by molar-refractivity contribution is -0.121. The molecule has 3 nitrogen and oxygen atoms in total. The number of carbonyl (C=O) groups is 1. The number of amides is 1. The third kappa shape index (κ3) is 4.93. The van der Waals surface area contributed by atoms with Crippen LogP contribution in [0.25, 0.3) is 0 Å². The third-order valence-corrected chi connectivity index (χ3v) is 3.89. The number of aryl methyl sites for hydroxylation is 1. The molecule has 0 saturated carbocycles. The van der Waals surface area contributed by atoms with Crippen molar-refractivity contribution in [1.82, 2.24) is 5.32 Å². The predicted octanol–water partition coefficient (Wildman–Crippen LogP) is 4.42. The molecule has 0 spiro atoms. The number of nitrogens with one attached hydrogen (secondary N) is 2. The summed E-state index contributed by atoms with van der Waals surface area (Å²) in [6.07, 6.45) is 0.395. The fraction of sp³-hybridized carbons (Fsp3) is 0.235. The van der Waals surface area contributed by atoms with E-state index in [0.29, 0.717) is 29.6 Å². The first-order chi connectivity index (χ1) is 10.6. The number of benzene rings is 2. The van der Waals surface area contributed by atoms with Crippen molar-refractivity contribution in [3.63, 3.8) is 0 Å². The van der Waals surface area contributed by atoms with Crippen LogP contribution >= 0.6 is 23.2 Å². The van der Waals surface area contributed by atoms with Gasteiger partial charge in [-0.05, 0) is 42.3 Å². The van der Waals surface area contributed by atoms with Crippen LogP contribution in [0.1, 0.15) is 17.5 Å². The van der Waals surface area contributed by atoms with E-state index >= 15 is 0 Å². The van der Waals surface area contributed by atoms with Gasteiger partial charge >= 0.3 is 0 Å². The van der Waals surface area contributed by atoms with E-state index in [9.17, 15) is 4.79 Å². The second-order valence-corrected chi connectivity index (χ2v) is 5.85. The molecule has 0 aromatic heterocycles. The highest BCUT2D eigenvalue weighted by Gasteiger charge is 2.04. The van der Waals surface area contributed by atoms with E-state index in [-0.39, 0.29) is 5.91 Å². The maximum atomic E-state index is 11.8. The zero-order valence-corrected chi connectivity index (χ0v) is 13.8. The molecule has 0 saturated heterocycles. The Labute approximate surface area is 140 Å². The summed E-state index contributed by atoms with van der Waals surface area (Å²) in [7, 11) is 0. The molecular formula is C17H18Cl2N2O. The maximum Gasteiger partial charge on any atom is 0.222 e. The number of halogens is 2. The van der Waals surface area contributed by atoms with E-state index in [1.807, 2.05) is 49.4 Å². The van der Waals surface area contributed by atoms with Gasteiger partial charge < -0.3 is 10.6 Å². The van der Waals surface area contributed by atoms with Gasteiger partial charge in [-0.15, -0.1) is 0 Å². The molecule has 0 fully saturated rings. The van der Waals surface area contributed by atoms with Gasteiger partial charge in [0, 0.05) is 35.2 Å². The third-order valence-electron chi connectivity index (χ3n) is 3.29. The average molecular weight is 337 g/mol. The van der Waals surface area contributed by atoms with Crippen molar-refractivity contribution in [1.29, 1.82) is 0 Å². The first kappa shape index (κ1) is 16.7. The normalized spacial score (nSPS) is 10.3. The average Bonchev–Trinajstić information content (AvgIpc) is 2.49. The molecule has 22 heavy (non-hydrogen) atoms. The van der Waals surface area contributed by atoms with Crippen LogP contribution in [0.15, 0.2) is 42.5 Å². The molecule has 2 aromatic rings. The van der Waals surface area contributed by atoms with Gasteiger partial charge in [0.1, 0.15) is 0 Å². The Morgan fingerprint density at radius 1 is 1.14 bits per heavy atom. The van der Waals surface area contributed by atoms with E-state index in [4.69, 9.17) is 23.2 Å². The Bertz CT molecular complexity index is 659. The second-order valence-electron chi connectivity index (χ2n) is 5.00. The van der Waals surface area contributed by atoms with Crippen molar-refractivity contribution in [2.45, 2.75) is 19.9 Å². The molecule has 116 valence electrons. The molecule has 0 radical (unpaired) electrons. The molecule has 0 heterocycles. The van der Waals surface area contributed by atoms with E-state index in [1.54, 1.807) is 0 Å². The van der Waals surface area contributed by atoms with Crippen molar-refractivity contribution in [2.75, 3.05) is 11.9 Å². The van der Waals surface area contributed by atoms with Crippen LogP contribution in [-0.4, -0.2) is 12.5 Å². The molecule has 0 unspecified atom stereocenters. The lowest BCUT2D eigenvalue weighted by Crippen LogP contribution is -2.25. The number of rotatable bonds is 6. The number of hydrogen-bond acceptors (Lipinski definition) is 2. The van der Waals surface area contributed by atoms with E-state index in [0.717, 1.165) is 16.8 Å². The highest BCUT2D eigenvalue weighted by atomic mass is 35.5. The van der Waals surface area contributed by atoms with Gasteiger partial charge in [-0.1, -0.05) is 41.4 Å². The highest BCUT2D eigenvalue weighted by molar-refractivity contribution is 6.31. The molecular weight excluding hydrogens is 319 g/mol. The Morgan fingerprint density at radius 2 is 1.91 bits per heavy atom. The highest BCUT2D eigenvalue weighted by Crippen LogP contribution is 2.19. The van der Waals surface area contributed by atoms with Gasteiger partial charge in [0.05, 0.1) is 0 Å². The molecule has 2 aromatic carbocycles. The molecule has 0 aliphatic heterocycles. The van der Waals surface area contributed by atoms with Crippen LogP contribution in [0, 0.1) is 6.92 Å². The molecule has 0 aliphatic carbocycles. The van der Waals surface area contributed by atoms with E-state index in [2.05, 4.69) is 10.6 Å². The number of anilines is 1. The topological polar surface area (TPSA) is 41.1 Å². The van der Waals surface area contributed by atoms with Gasteiger partial charge in [-0.2, -0.15) is 0 Å². The molecule has 2 rings (SSSR count). The van der Waals surface area contributed by atoms with Crippen LogP contribution in [0.3, 0.4) is 0 Å². The van der Waals surface area contributed by atoms with Crippen LogP contribution < -0.4 is 10.6 Å². The lowest BCUT2D eigenvalue weighted by Gasteiger charge is -2.10. The largest absolute Gasteiger partial charge is 0.384 e. The zero-order chi connectivity index (χ0) is 15.9. The van der Waals surface area contributed by atoms with Gasteiger partial charge in [-0.3, -0.25) is 4.79 Å². The Balaban J connectivity index is 1.75. The van der Waals surface area contributed by atoms with E-state index < -0.39 is 0 Å². The fourth-order valence-corrected chi connectivity index (χ4v) is 2.49. The zero-order valence-electron chi connectivity index (χ0n) is 12.3. The monoisotopic (exact) mass is 336 g/mol. The van der Waals surface area contributed by atoms with Crippen molar-refractivity contribution in [3.05, 3.63) is 63.6 Å². The summed E-state index contributed by atoms with van der Waals surface area (Å²) in [6.45, 7) is 2.99. The predicted molar refractivity (Wildman–Crippen MR) is 92.6 cm³/mol. The van der Waals surface area contributed by atoms with Crippen LogP contribution in [0.4, 0.5) is 5.69 Å². The molecule has 0 aliphatic rings. The molecule has 2 N–H and O–H groups in total. The molecule has 0 bridgehead atoms. The first-order valence-electron chi connectivity index (χ1n) is 7.06.